The molecule has 9 nitrogen and oxygen atoms in total. The highest BCUT2D eigenvalue weighted by Crippen LogP contribution is 2.02. The van der Waals surface area contributed by atoms with Gasteiger partial charge in [-0.05, 0) is 0 Å². The van der Waals surface area contributed by atoms with Gasteiger partial charge in [-0.2, -0.15) is 0 Å². The van der Waals surface area contributed by atoms with Crippen LogP contribution in [0.25, 0.3) is 0 Å². The van der Waals surface area contributed by atoms with E-state index in [4.69, 9.17) is 0 Å². The van der Waals surface area contributed by atoms with Crippen LogP contribution in [-0.4, -0.2) is 127 Å². The van der Waals surface area contributed by atoms with Crippen molar-refractivity contribution in [2.24, 2.45) is 0 Å². The Balaban J connectivity index is 5.65. The molecule has 0 aliphatic carbocycles. The molecule has 37 heavy (non-hydrogen) atoms. The van der Waals surface area contributed by atoms with E-state index in [-0.39, 0.29) is 50.4 Å². The van der Waals surface area contributed by atoms with E-state index >= 15 is 0 Å². The van der Waals surface area contributed by atoms with E-state index in [0.29, 0.717) is 45.8 Å². The number of hydrogen-bond donors (Lipinski definition) is 0. The number of carbonyl (C=O) groups excluding carboxylic acids is 4. The maximum absolute atomic E-state index is 13.0. The molecule has 0 aromatic carbocycles. The molecule has 0 N–H and O–H groups in total. The number of nitrogens with zero attached hydrogens (tertiary/aromatic N) is 5. The molecule has 0 aliphatic heterocycles. The summed E-state index contributed by atoms with van der Waals surface area (Å²) in [5.74, 6) is -0.549. The Morgan fingerprint density at radius 3 is 1.00 bits per heavy atom. The highest BCUT2D eigenvalue weighted by molar-refractivity contribution is 5.82. The first-order valence-corrected chi connectivity index (χ1v) is 12.2. The van der Waals surface area contributed by atoms with Crippen LogP contribution in [0.1, 0.15) is 0 Å². The highest BCUT2D eigenvalue weighted by Gasteiger charge is 2.22. The van der Waals surface area contributed by atoms with Gasteiger partial charge in [0.05, 0.1) is 26.2 Å². The summed E-state index contributed by atoms with van der Waals surface area (Å²) < 4.78 is 0. The van der Waals surface area contributed by atoms with Crippen molar-refractivity contribution < 1.29 is 19.2 Å². The minimum Gasteiger partial charge on any atom is -0.334 e. The van der Waals surface area contributed by atoms with Crippen molar-refractivity contribution in [2.75, 3.05) is 78.5 Å². The van der Waals surface area contributed by atoms with Crippen molar-refractivity contribution in [3.63, 3.8) is 0 Å². The van der Waals surface area contributed by atoms with Gasteiger partial charge < -0.3 is 19.5 Å². The molecule has 0 fully saturated rings. The molecule has 0 aliphatic rings. The summed E-state index contributed by atoms with van der Waals surface area (Å²) >= 11 is 0. The molecule has 0 aromatic heterocycles. The van der Waals surface area contributed by atoms with Crippen LogP contribution in [0, 0.1) is 0 Å². The van der Waals surface area contributed by atoms with Gasteiger partial charge in [-0.25, -0.2) is 0 Å². The molecule has 0 atom stereocenters. The van der Waals surface area contributed by atoms with Crippen LogP contribution in [0.4, 0.5) is 0 Å². The Morgan fingerprint density at radius 1 is 0.459 bits per heavy atom. The van der Waals surface area contributed by atoms with Crippen LogP contribution in [0.15, 0.2) is 75.9 Å². The van der Waals surface area contributed by atoms with E-state index in [1.807, 2.05) is 0 Å². The predicted molar refractivity (Wildman–Crippen MR) is 150 cm³/mol. The predicted octanol–water partition coefficient (Wildman–Crippen LogP) is 1.39. The van der Waals surface area contributed by atoms with Gasteiger partial charge in [-0.15, -0.1) is 39.5 Å². The van der Waals surface area contributed by atoms with E-state index in [0.717, 1.165) is 6.29 Å². The third-order valence-electron chi connectivity index (χ3n) is 5.30. The number of amides is 3. The summed E-state index contributed by atoms with van der Waals surface area (Å²) in [7, 11) is 0. The quantitative estimate of drug-likeness (QED) is 0.152. The Bertz CT molecular complexity index is 742. The maximum atomic E-state index is 13.0. The largest absolute Gasteiger partial charge is 0.334 e. The summed E-state index contributed by atoms with van der Waals surface area (Å²) in [5.41, 5.74) is 0. The first-order chi connectivity index (χ1) is 17.8. The molecule has 0 rings (SSSR count). The highest BCUT2D eigenvalue weighted by atomic mass is 16.2. The second kappa shape index (κ2) is 20.6. The van der Waals surface area contributed by atoms with Crippen LogP contribution < -0.4 is 0 Å². The Kier molecular flexibility index (Phi) is 18.6. The van der Waals surface area contributed by atoms with Crippen LogP contribution in [0.5, 0.6) is 0 Å². The van der Waals surface area contributed by atoms with Crippen molar-refractivity contribution in [1.82, 2.24) is 24.5 Å². The molecule has 0 bridgehead atoms. The summed E-state index contributed by atoms with van der Waals surface area (Å²) in [6.07, 6.45) is 10.5. The zero-order chi connectivity index (χ0) is 28.1. The fourth-order valence-corrected chi connectivity index (χ4v) is 3.48. The van der Waals surface area contributed by atoms with Gasteiger partial charge in [0, 0.05) is 52.4 Å². The summed E-state index contributed by atoms with van der Waals surface area (Å²) in [6, 6.07) is 0. The van der Waals surface area contributed by atoms with Gasteiger partial charge in [-0.3, -0.25) is 24.2 Å². The van der Waals surface area contributed by atoms with Crippen LogP contribution in [-0.2, 0) is 19.2 Å². The molecule has 0 saturated heterocycles. The van der Waals surface area contributed by atoms with Crippen molar-refractivity contribution in [1.29, 1.82) is 0 Å². The average Bonchev–Trinajstić information content (AvgIpc) is 2.86. The summed E-state index contributed by atoms with van der Waals surface area (Å²) in [4.78, 5) is 58.2. The van der Waals surface area contributed by atoms with E-state index in [1.54, 1.807) is 61.0 Å². The van der Waals surface area contributed by atoms with Crippen molar-refractivity contribution in [3.8, 4) is 0 Å². The number of hydrogen-bond acceptors (Lipinski definition) is 6. The summed E-state index contributed by atoms with van der Waals surface area (Å²) in [5, 5.41) is 0. The van der Waals surface area contributed by atoms with Gasteiger partial charge in [0.15, 0.2) is 0 Å². The maximum Gasteiger partial charge on any atom is 0.237 e. The minimum absolute atomic E-state index is 0.00819. The lowest BCUT2D eigenvalue weighted by molar-refractivity contribution is -0.136. The molecule has 0 aromatic rings. The van der Waals surface area contributed by atoms with Gasteiger partial charge in [0.2, 0.25) is 17.7 Å². The average molecular weight is 514 g/mol. The van der Waals surface area contributed by atoms with Crippen LogP contribution >= 0.6 is 0 Å². The Labute approximate surface area is 222 Å². The zero-order valence-corrected chi connectivity index (χ0v) is 22.1. The van der Waals surface area contributed by atoms with E-state index < -0.39 is 0 Å². The van der Waals surface area contributed by atoms with Gasteiger partial charge in [0.1, 0.15) is 6.29 Å². The van der Waals surface area contributed by atoms with Crippen molar-refractivity contribution >= 4 is 24.0 Å². The van der Waals surface area contributed by atoms with Crippen molar-refractivity contribution in [3.05, 3.63) is 75.9 Å². The van der Waals surface area contributed by atoms with Gasteiger partial charge in [0.25, 0.3) is 0 Å². The van der Waals surface area contributed by atoms with Gasteiger partial charge in [-0.1, -0.05) is 36.5 Å². The lowest BCUT2D eigenvalue weighted by Gasteiger charge is -2.30. The van der Waals surface area contributed by atoms with Crippen molar-refractivity contribution in [2.45, 2.75) is 0 Å². The number of carbonyl (C=O) groups is 4. The van der Waals surface area contributed by atoms with E-state index in [2.05, 4.69) is 39.5 Å². The smallest absolute Gasteiger partial charge is 0.237 e. The first kappa shape index (κ1) is 33.4. The molecule has 0 saturated carbocycles. The Morgan fingerprint density at radius 2 is 0.730 bits per heavy atom. The first-order valence-electron chi connectivity index (χ1n) is 12.2. The zero-order valence-electron chi connectivity index (χ0n) is 22.1. The standard InChI is InChI=1S/C28H43N5O4/c1-7-13-31(14-8-2)26(35)23-29(21-22-34)19-20-30(24-27(36)32(15-9-3)16-10-4)25-28(37)33(17-11-5)18-12-6/h7-12,22H,1-6,13-21,23-25H2. The molecule has 0 unspecified atom stereocenters. The molecule has 0 heterocycles. The van der Waals surface area contributed by atoms with E-state index in [1.165, 1.54) is 0 Å². The monoisotopic (exact) mass is 513 g/mol. The third kappa shape index (κ3) is 13.9. The third-order valence-corrected chi connectivity index (χ3v) is 5.30. The SMILES string of the molecule is C=CCN(CC=C)C(=O)CN(CC=O)CCN(CC(=O)N(CC=C)CC=C)CC(=O)N(CC=C)CC=C. The fourth-order valence-electron chi connectivity index (χ4n) is 3.48. The Hall–Kier alpha value is -3.56. The van der Waals surface area contributed by atoms with Crippen LogP contribution in [0.3, 0.4) is 0 Å². The molecule has 9 heteroatoms. The summed E-state index contributed by atoms with van der Waals surface area (Å²) in [6.45, 7) is 24.8. The van der Waals surface area contributed by atoms with E-state index in [9.17, 15) is 19.2 Å². The number of rotatable bonds is 23. The lowest BCUT2D eigenvalue weighted by Crippen LogP contribution is -2.49. The molecular weight excluding hydrogens is 470 g/mol. The van der Waals surface area contributed by atoms with Gasteiger partial charge >= 0.3 is 0 Å². The second-order valence-corrected chi connectivity index (χ2v) is 8.24. The normalized spacial score (nSPS) is 10.3. The molecule has 3 amide bonds. The topological polar surface area (TPSA) is 84.5 Å². The fraction of sp³-hybridized carbons (Fsp3) is 0.429. The lowest BCUT2D eigenvalue weighted by atomic mass is 10.3. The molecule has 0 spiro atoms. The number of aldehydes is 1. The second-order valence-electron chi connectivity index (χ2n) is 8.24. The molecule has 0 radical (unpaired) electrons. The minimum atomic E-state index is -0.187. The molecular formula is C28H43N5O4. The van der Waals surface area contributed by atoms with Crippen LogP contribution in [0.2, 0.25) is 0 Å². The molecule has 204 valence electrons.